The van der Waals surface area contributed by atoms with Crippen LogP contribution in [0.3, 0.4) is 0 Å². The Labute approximate surface area is 98.3 Å². The van der Waals surface area contributed by atoms with Crippen molar-refractivity contribution in [3.8, 4) is 0 Å². The molecule has 0 aliphatic carbocycles. The SMILES string of the molecule is CCCC[C@H](N)C(=O)N1CCC[C@H]1B(C)O. The maximum absolute atomic E-state index is 12.1. The predicted molar refractivity (Wildman–Crippen MR) is 66.1 cm³/mol. The first-order valence-corrected chi connectivity index (χ1v) is 6.32. The molecule has 0 spiro atoms. The zero-order valence-electron chi connectivity index (χ0n) is 10.4. The van der Waals surface area contributed by atoms with Crippen molar-refractivity contribution in [3.05, 3.63) is 0 Å². The number of carbonyl (C=O) groups is 1. The molecule has 1 aliphatic heterocycles. The van der Waals surface area contributed by atoms with Crippen LogP contribution < -0.4 is 5.73 Å². The van der Waals surface area contributed by atoms with E-state index in [9.17, 15) is 9.82 Å². The predicted octanol–water partition coefficient (Wildman–Crippen LogP) is 0.648. The molecule has 92 valence electrons. The summed E-state index contributed by atoms with van der Waals surface area (Å²) in [5, 5.41) is 9.59. The molecule has 1 fully saturated rings. The molecule has 0 saturated carbocycles. The first-order chi connectivity index (χ1) is 7.57. The average Bonchev–Trinajstić information content (AvgIpc) is 2.73. The summed E-state index contributed by atoms with van der Waals surface area (Å²) in [6, 6.07) is -0.390. The molecule has 5 heteroatoms. The summed E-state index contributed by atoms with van der Waals surface area (Å²) in [6.07, 6.45) is 4.66. The molecule has 16 heavy (non-hydrogen) atoms. The van der Waals surface area contributed by atoms with Gasteiger partial charge in [-0.3, -0.25) is 4.79 Å². The number of rotatable bonds is 5. The molecule has 0 bridgehead atoms. The van der Waals surface area contributed by atoms with E-state index in [4.69, 9.17) is 5.73 Å². The Morgan fingerprint density at radius 2 is 2.38 bits per heavy atom. The van der Waals surface area contributed by atoms with Gasteiger partial charge in [0.25, 0.3) is 0 Å². The van der Waals surface area contributed by atoms with Crippen LogP contribution in [-0.2, 0) is 4.79 Å². The van der Waals surface area contributed by atoms with Crippen molar-refractivity contribution in [1.82, 2.24) is 4.90 Å². The number of unbranched alkanes of at least 4 members (excludes halogenated alkanes) is 1. The van der Waals surface area contributed by atoms with E-state index < -0.39 is 6.92 Å². The van der Waals surface area contributed by atoms with Crippen LogP contribution in [0, 0.1) is 0 Å². The average molecular weight is 226 g/mol. The summed E-state index contributed by atoms with van der Waals surface area (Å²) in [6.45, 7) is 4.12. The molecular formula is C11H23BN2O2. The normalized spacial score (nSPS) is 22.2. The number of nitrogens with zero attached hydrogens (tertiary/aromatic N) is 1. The zero-order valence-corrected chi connectivity index (χ0v) is 10.4. The van der Waals surface area contributed by atoms with Crippen LogP contribution in [0.1, 0.15) is 39.0 Å². The Hall–Kier alpha value is -0.545. The topological polar surface area (TPSA) is 66.6 Å². The van der Waals surface area contributed by atoms with Crippen molar-refractivity contribution in [3.63, 3.8) is 0 Å². The van der Waals surface area contributed by atoms with Crippen molar-refractivity contribution in [2.45, 2.75) is 57.8 Å². The summed E-state index contributed by atoms with van der Waals surface area (Å²) < 4.78 is 0. The minimum Gasteiger partial charge on any atom is -0.449 e. The van der Waals surface area contributed by atoms with E-state index in [1.54, 1.807) is 11.7 Å². The lowest BCUT2D eigenvalue weighted by Crippen LogP contribution is -2.50. The zero-order chi connectivity index (χ0) is 12.1. The minimum atomic E-state index is -0.454. The highest BCUT2D eigenvalue weighted by Gasteiger charge is 2.35. The summed E-state index contributed by atoms with van der Waals surface area (Å²) >= 11 is 0. The Bertz CT molecular complexity index is 236. The molecule has 0 radical (unpaired) electrons. The fraction of sp³-hybridized carbons (Fsp3) is 0.909. The number of nitrogens with two attached hydrogens (primary N) is 1. The van der Waals surface area contributed by atoms with Crippen LogP contribution in [0.2, 0.25) is 6.82 Å². The van der Waals surface area contributed by atoms with E-state index in [1.807, 2.05) is 0 Å². The van der Waals surface area contributed by atoms with Gasteiger partial charge in [-0.2, -0.15) is 0 Å². The van der Waals surface area contributed by atoms with Crippen LogP contribution in [0.4, 0.5) is 0 Å². The number of carbonyl (C=O) groups excluding carboxylic acids is 1. The van der Waals surface area contributed by atoms with Crippen molar-refractivity contribution < 1.29 is 9.82 Å². The molecule has 0 unspecified atom stereocenters. The van der Waals surface area contributed by atoms with E-state index >= 15 is 0 Å². The summed E-state index contributed by atoms with van der Waals surface area (Å²) in [7, 11) is 0. The van der Waals surface area contributed by atoms with Gasteiger partial charge in [0.2, 0.25) is 5.91 Å². The Balaban J connectivity index is 2.51. The smallest absolute Gasteiger partial charge is 0.309 e. The van der Waals surface area contributed by atoms with Gasteiger partial charge < -0.3 is 15.7 Å². The molecule has 1 amide bonds. The van der Waals surface area contributed by atoms with Crippen molar-refractivity contribution in [1.29, 1.82) is 0 Å². The van der Waals surface area contributed by atoms with Crippen LogP contribution in [0.25, 0.3) is 0 Å². The monoisotopic (exact) mass is 226 g/mol. The molecule has 1 heterocycles. The number of hydrogen-bond donors (Lipinski definition) is 2. The lowest BCUT2D eigenvalue weighted by atomic mass is 9.62. The van der Waals surface area contributed by atoms with Gasteiger partial charge in [-0.05, 0) is 19.3 Å². The van der Waals surface area contributed by atoms with Gasteiger partial charge >= 0.3 is 6.92 Å². The Morgan fingerprint density at radius 1 is 1.69 bits per heavy atom. The van der Waals surface area contributed by atoms with Gasteiger partial charge in [0.1, 0.15) is 0 Å². The fourth-order valence-corrected chi connectivity index (χ4v) is 2.33. The molecule has 2 atom stereocenters. The maximum atomic E-state index is 12.1. The van der Waals surface area contributed by atoms with Crippen molar-refractivity contribution in [2.24, 2.45) is 5.73 Å². The number of likely N-dealkylation sites (tertiary alicyclic amines) is 1. The Kier molecular flexibility index (Phi) is 5.28. The lowest BCUT2D eigenvalue weighted by molar-refractivity contribution is -0.132. The van der Waals surface area contributed by atoms with Gasteiger partial charge in [-0.25, -0.2) is 0 Å². The first kappa shape index (κ1) is 13.5. The third-order valence-corrected chi connectivity index (χ3v) is 3.33. The molecule has 0 aromatic carbocycles. The van der Waals surface area contributed by atoms with Gasteiger partial charge in [0, 0.05) is 12.5 Å². The van der Waals surface area contributed by atoms with Gasteiger partial charge in [0.05, 0.1) is 6.04 Å². The van der Waals surface area contributed by atoms with Crippen LogP contribution >= 0.6 is 0 Å². The van der Waals surface area contributed by atoms with E-state index in [1.165, 1.54) is 0 Å². The summed E-state index contributed by atoms with van der Waals surface area (Å²) in [4.78, 5) is 13.8. The van der Waals surface area contributed by atoms with Gasteiger partial charge in [0.15, 0.2) is 0 Å². The van der Waals surface area contributed by atoms with E-state index in [-0.39, 0.29) is 17.9 Å². The van der Waals surface area contributed by atoms with E-state index in [0.29, 0.717) is 0 Å². The van der Waals surface area contributed by atoms with Crippen molar-refractivity contribution >= 4 is 12.8 Å². The van der Waals surface area contributed by atoms with Gasteiger partial charge in [-0.15, -0.1) is 0 Å². The third kappa shape index (κ3) is 3.22. The minimum absolute atomic E-state index is 0.0110. The second-order valence-electron chi connectivity index (χ2n) is 4.73. The van der Waals surface area contributed by atoms with Crippen LogP contribution in [-0.4, -0.2) is 41.3 Å². The molecule has 1 saturated heterocycles. The highest BCUT2D eigenvalue weighted by atomic mass is 16.2. The number of amides is 1. The van der Waals surface area contributed by atoms with Gasteiger partial charge in [-0.1, -0.05) is 26.6 Å². The van der Waals surface area contributed by atoms with Crippen LogP contribution in [0.15, 0.2) is 0 Å². The molecule has 3 N–H and O–H groups in total. The summed E-state index contributed by atoms with van der Waals surface area (Å²) in [5.41, 5.74) is 5.87. The third-order valence-electron chi connectivity index (χ3n) is 3.33. The standard InChI is InChI=1S/C11H23BN2O2/c1-3-4-6-9(13)11(15)14-8-5-7-10(14)12(2)16/h9-10,16H,3-8,13H2,1-2H3/t9-,10-/m0/s1. The van der Waals surface area contributed by atoms with E-state index in [0.717, 1.165) is 38.6 Å². The molecule has 4 nitrogen and oxygen atoms in total. The fourth-order valence-electron chi connectivity index (χ4n) is 2.33. The molecule has 0 aromatic rings. The Morgan fingerprint density at radius 3 is 2.94 bits per heavy atom. The van der Waals surface area contributed by atoms with E-state index in [2.05, 4.69) is 6.92 Å². The lowest BCUT2D eigenvalue weighted by Gasteiger charge is -2.27. The molecule has 0 aromatic heterocycles. The second kappa shape index (κ2) is 6.25. The maximum Gasteiger partial charge on any atom is 0.309 e. The first-order valence-electron chi connectivity index (χ1n) is 6.32. The molecular weight excluding hydrogens is 203 g/mol. The summed E-state index contributed by atoms with van der Waals surface area (Å²) in [5.74, 6) is -0.0166. The molecule has 1 aliphatic rings. The largest absolute Gasteiger partial charge is 0.449 e. The molecule has 1 rings (SSSR count). The highest BCUT2D eigenvalue weighted by molar-refractivity contribution is 6.51. The van der Waals surface area contributed by atoms with Crippen LogP contribution in [0.5, 0.6) is 0 Å². The second-order valence-corrected chi connectivity index (χ2v) is 4.73. The van der Waals surface area contributed by atoms with Crippen molar-refractivity contribution in [2.75, 3.05) is 6.54 Å². The quantitative estimate of drug-likeness (QED) is 0.676. The number of hydrogen-bond acceptors (Lipinski definition) is 3. The highest BCUT2D eigenvalue weighted by Crippen LogP contribution is 2.20.